The van der Waals surface area contributed by atoms with Crippen molar-refractivity contribution in [3.05, 3.63) is 122 Å². The number of allylic oxidation sites excluding steroid dienone is 19. The van der Waals surface area contributed by atoms with E-state index in [2.05, 4.69) is 129 Å². The molecule has 2 atom stereocenters. The van der Waals surface area contributed by atoms with Crippen LogP contribution in [0.15, 0.2) is 122 Å². The van der Waals surface area contributed by atoms with Crippen molar-refractivity contribution in [2.24, 2.45) is 0 Å². The molecule has 0 aromatic heterocycles. The topological polar surface area (TPSA) is 69.6 Å². The van der Waals surface area contributed by atoms with Gasteiger partial charge in [-0.1, -0.05) is 302 Å². The minimum absolute atomic E-state index is 0.0780. The Hall–Kier alpha value is -3.21. The van der Waals surface area contributed by atoms with Gasteiger partial charge in [-0.2, -0.15) is 0 Å². The lowest BCUT2D eigenvalue weighted by Gasteiger charge is -2.19. The highest BCUT2D eigenvalue weighted by atomic mass is 16.3. The summed E-state index contributed by atoms with van der Waals surface area (Å²) in [6.45, 7) is 4.19. The fourth-order valence-electron chi connectivity index (χ4n) is 8.96. The van der Waals surface area contributed by atoms with Crippen molar-refractivity contribution in [3.8, 4) is 0 Å². The number of carbonyl (C=O) groups excluding carboxylic acids is 1. The number of rotatable bonds is 56. The van der Waals surface area contributed by atoms with Crippen LogP contribution in [0.3, 0.4) is 0 Å². The average Bonchev–Trinajstić information content (AvgIpc) is 3.40. The van der Waals surface area contributed by atoms with Gasteiger partial charge in [-0.05, 0) is 103 Å². The Kier molecular flexibility index (Phi) is 60.3. The first-order valence-corrected chi connectivity index (χ1v) is 31.2. The van der Waals surface area contributed by atoms with Crippen LogP contribution in [0.4, 0.5) is 0 Å². The summed E-state index contributed by atoms with van der Waals surface area (Å²) < 4.78 is 0. The van der Waals surface area contributed by atoms with Crippen molar-refractivity contribution in [3.63, 3.8) is 0 Å². The molecule has 3 N–H and O–H groups in total. The van der Waals surface area contributed by atoms with E-state index in [9.17, 15) is 15.0 Å². The van der Waals surface area contributed by atoms with Crippen LogP contribution in [0.25, 0.3) is 0 Å². The van der Waals surface area contributed by atoms with Crippen LogP contribution in [0, 0.1) is 0 Å². The molecule has 0 aliphatic heterocycles. The third-order valence-electron chi connectivity index (χ3n) is 13.7. The standard InChI is InChI=1S/C69H119NO3/c1-3-5-7-9-11-13-15-17-19-21-23-25-26-27-28-29-30-31-32-33-34-35-36-37-38-39-40-41-42-43-44-45-47-49-51-53-55-57-59-61-63-65-69(73)70-67(66-71)68(72)64-62-60-58-56-54-52-50-48-46-24-22-20-18-16-14-12-10-8-6-4-2/h5,7,11,13,17,19,23,25,27-28,30-31,33-34,46,48,54,56,62,64,67-68,71-72H,3-4,6,8-10,12,14-16,18,20-22,24,26,29,32,35-45,47,49-53,55,57-61,63,65-66H2,1-2H3,(H,70,73)/b7-5-,13-11-,19-17-,25-23-,28-27-,31-30-,34-33-,48-46+,56-54+,64-62+. The largest absolute Gasteiger partial charge is 0.394 e. The molecule has 2 unspecified atom stereocenters. The normalized spacial score (nSPS) is 13.6. The van der Waals surface area contributed by atoms with E-state index in [0.29, 0.717) is 6.42 Å². The van der Waals surface area contributed by atoms with Gasteiger partial charge in [-0.25, -0.2) is 0 Å². The highest BCUT2D eigenvalue weighted by Gasteiger charge is 2.18. The van der Waals surface area contributed by atoms with E-state index in [4.69, 9.17) is 0 Å². The molecular weight excluding hydrogens is 891 g/mol. The highest BCUT2D eigenvalue weighted by molar-refractivity contribution is 5.76. The lowest BCUT2D eigenvalue weighted by Crippen LogP contribution is -2.45. The Bertz CT molecular complexity index is 1420. The average molecular weight is 1010 g/mol. The third-order valence-corrected chi connectivity index (χ3v) is 13.7. The van der Waals surface area contributed by atoms with Crippen LogP contribution in [0.2, 0.25) is 0 Å². The molecule has 0 spiro atoms. The number of unbranched alkanes of at least 4 members (excludes halogenated alkanes) is 31. The number of aliphatic hydroxyl groups excluding tert-OH is 2. The summed E-state index contributed by atoms with van der Waals surface area (Å²) in [5, 5.41) is 23.2. The molecule has 0 aromatic carbocycles. The lowest BCUT2D eigenvalue weighted by atomic mass is 10.0. The molecule has 0 bridgehead atoms. The molecule has 4 heteroatoms. The molecule has 0 radical (unpaired) electrons. The summed E-state index contributed by atoms with van der Waals surface area (Å²) in [6.07, 6.45) is 96.7. The van der Waals surface area contributed by atoms with Gasteiger partial charge in [0.25, 0.3) is 0 Å². The SMILES string of the molecule is CC/C=C\C/C=C\C/C=C\C/C=C\C/C=C\C/C=C\C/C=C\CCCCCCCCCCCCCCCCCCCCCC(=O)NC(CO)C(O)/C=C/CC/C=C/CC/C=C/CCCCCCCCCCCC. The third kappa shape index (κ3) is 59.5. The number of hydrogen-bond acceptors (Lipinski definition) is 3. The zero-order chi connectivity index (χ0) is 52.7. The minimum atomic E-state index is -0.875. The molecule has 0 heterocycles. The van der Waals surface area contributed by atoms with Crippen LogP contribution in [0.1, 0.15) is 290 Å². The van der Waals surface area contributed by atoms with Gasteiger partial charge in [0.05, 0.1) is 18.8 Å². The number of carbonyl (C=O) groups is 1. The Labute approximate surface area is 454 Å². The molecule has 418 valence electrons. The van der Waals surface area contributed by atoms with E-state index in [1.165, 1.54) is 186 Å². The zero-order valence-electron chi connectivity index (χ0n) is 48.1. The first kappa shape index (κ1) is 69.8. The van der Waals surface area contributed by atoms with Crippen LogP contribution < -0.4 is 5.32 Å². The lowest BCUT2D eigenvalue weighted by molar-refractivity contribution is -0.123. The van der Waals surface area contributed by atoms with Crippen LogP contribution in [0.5, 0.6) is 0 Å². The van der Waals surface area contributed by atoms with Crippen molar-refractivity contribution >= 4 is 5.91 Å². The first-order chi connectivity index (χ1) is 36.2. The number of amides is 1. The molecule has 0 saturated heterocycles. The molecule has 0 aliphatic rings. The summed E-state index contributed by atoms with van der Waals surface area (Å²) in [5.41, 5.74) is 0. The van der Waals surface area contributed by atoms with E-state index in [-0.39, 0.29) is 12.5 Å². The highest BCUT2D eigenvalue weighted by Crippen LogP contribution is 2.16. The molecule has 0 aromatic rings. The predicted octanol–water partition coefficient (Wildman–Crippen LogP) is 21.2. The number of nitrogens with one attached hydrogen (secondary N) is 1. The minimum Gasteiger partial charge on any atom is -0.394 e. The smallest absolute Gasteiger partial charge is 0.220 e. The second-order valence-electron chi connectivity index (χ2n) is 20.7. The van der Waals surface area contributed by atoms with Crippen LogP contribution >= 0.6 is 0 Å². The van der Waals surface area contributed by atoms with Crippen LogP contribution in [-0.4, -0.2) is 34.9 Å². The zero-order valence-corrected chi connectivity index (χ0v) is 48.1. The van der Waals surface area contributed by atoms with Crippen molar-refractivity contribution in [1.29, 1.82) is 0 Å². The van der Waals surface area contributed by atoms with E-state index in [1.807, 2.05) is 6.08 Å². The molecule has 73 heavy (non-hydrogen) atoms. The van der Waals surface area contributed by atoms with Gasteiger partial charge in [0.1, 0.15) is 0 Å². The van der Waals surface area contributed by atoms with Crippen molar-refractivity contribution in [2.45, 2.75) is 302 Å². The number of aliphatic hydroxyl groups is 2. The summed E-state index contributed by atoms with van der Waals surface area (Å²) in [6, 6.07) is -0.651. The van der Waals surface area contributed by atoms with Crippen molar-refractivity contribution < 1.29 is 15.0 Å². The summed E-state index contributed by atoms with van der Waals surface area (Å²) >= 11 is 0. The van der Waals surface area contributed by atoms with Gasteiger partial charge in [0, 0.05) is 6.42 Å². The van der Waals surface area contributed by atoms with E-state index in [1.54, 1.807) is 6.08 Å². The molecule has 0 rings (SSSR count). The monoisotopic (exact) mass is 1010 g/mol. The van der Waals surface area contributed by atoms with Gasteiger partial charge < -0.3 is 15.5 Å². The fraction of sp³-hybridized carbons (Fsp3) is 0.696. The van der Waals surface area contributed by atoms with Crippen LogP contribution in [-0.2, 0) is 4.79 Å². The van der Waals surface area contributed by atoms with Crippen molar-refractivity contribution in [1.82, 2.24) is 5.32 Å². The Morgan fingerprint density at radius 1 is 0.342 bits per heavy atom. The first-order valence-electron chi connectivity index (χ1n) is 31.2. The number of hydrogen-bond donors (Lipinski definition) is 3. The Morgan fingerprint density at radius 3 is 0.959 bits per heavy atom. The predicted molar refractivity (Wildman–Crippen MR) is 326 cm³/mol. The summed E-state index contributed by atoms with van der Waals surface area (Å²) in [5.74, 6) is -0.0780. The fourth-order valence-corrected chi connectivity index (χ4v) is 8.96. The Balaban J connectivity index is 3.53. The quantitative estimate of drug-likeness (QED) is 0.0420. The molecule has 0 aliphatic carbocycles. The second-order valence-corrected chi connectivity index (χ2v) is 20.7. The van der Waals surface area contributed by atoms with Crippen molar-refractivity contribution in [2.75, 3.05) is 6.61 Å². The molecule has 0 saturated carbocycles. The molecular formula is C69H119NO3. The van der Waals surface area contributed by atoms with Gasteiger partial charge in [0.15, 0.2) is 0 Å². The van der Waals surface area contributed by atoms with Gasteiger partial charge in [-0.15, -0.1) is 0 Å². The van der Waals surface area contributed by atoms with E-state index < -0.39 is 12.1 Å². The molecule has 4 nitrogen and oxygen atoms in total. The summed E-state index contributed by atoms with van der Waals surface area (Å²) in [7, 11) is 0. The molecule has 0 fully saturated rings. The molecule has 1 amide bonds. The summed E-state index contributed by atoms with van der Waals surface area (Å²) in [4.78, 5) is 12.5. The maximum absolute atomic E-state index is 12.5. The maximum atomic E-state index is 12.5. The van der Waals surface area contributed by atoms with E-state index in [0.717, 1.165) is 83.5 Å². The van der Waals surface area contributed by atoms with Gasteiger partial charge >= 0.3 is 0 Å². The van der Waals surface area contributed by atoms with E-state index >= 15 is 0 Å². The Morgan fingerprint density at radius 2 is 0.616 bits per heavy atom. The maximum Gasteiger partial charge on any atom is 0.220 e. The second kappa shape index (κ2) is 63.1. The van der Waals surface area contributed by atoms with Gasteiger partial charge in [0.2, 0.25) is 5.91 Å². The van der Waals surface area contributed by atoms with Gasteiger partial charge in [-0.3, -0.25) is 4.79 Å².